The van der Waals surface area contributed by atoms with Gasteiger partial charge in [-0.15, -0.1) is 0 Å². The largest absolute Gasteiger partial charge is 0.486 e. The number of nitrogens with zero attached hydrogens (tertiary/aromatic N) is 4. The van der Waals surface area contributed by atoms with Gasteiger partial charge in [-0.05, 0) is 37.0 Å². The zero-order valence-corrected chi connectivity index (χ0v) is 21.6. The summed E-state index contributed by atoms with van der Waals surface area (Å²) in [5.41, 5.74) is 0.314. The number of halogens is 2. The fourth-order valence-corrected chi connectivity index (χ4v) is 5.80. The molecule has 1 fully saturated rings. The van der Waals surface area contributed by atoms with Gasteiger partial charge in [0.25, 0.3) is 0 Å². The van der Waals surface area contributed by atoms with E-state index in [4.69, 9.17) is 9.84 Å². The summed E-state index contributed by atoms with van der Waals surface area (Å²) in [6.45, 7) is 1.26. The number of aliphatic hydroxyl groups is 1. The first-order valence-electron chi connectivity index (χ1n) is 12.4. The Morgan fingerprint density at radius 1 is 0.947 bits per heavy atom. The highest BCUT2D eigenvalue weighted by Gasteiger charge is 2.29. The van der Waals surface area contributed by atoms with Crippen LogP contribution in [0.15, 0.2) is 59.5 Å². The predicted molar refractivity (Wildman–Crippen MR) is 139 cm³/mol. The molecule has 0 radical (unpaired) electrons. The van der Waals surface area contributed by atoms with Crippen molar-refractivity contribution in [2.45, 2.75) is 25.0 Å². The van der Waals surface area contributed by atoms with E-state index < -0.39 is 27.2 Å². The fraction of sp³-hybridized carbons (Fsp3) is 0.385. The zero-order valence-electron chi connectivity index (χ0n) is 20.8. The molecule has 12 heteroatoms. The maximum atomic E-state index is 13.8. The SMILES string of the molecule is O=c1c(OCCCCCO)c(N2CCN(S(=O)(=O)Cc3ccccc3)CC2)cnn1-c1cc(F)cc(F)c1. The summed E-state index contributed by atoms with van der Waals surface area (Å²) in [5, 5.41) is 13.1. The van der Waals surface area contributed by atoms with Gasteiger partial charge in [-0.2, -0.15) is 14.1 Å². The lowest BCUT2D eigenvalue weighted by molar-refractivity contribution is 0.264. The molecule has 0 spiro atoms. The lowest BCUT2D eigenvalue weighted by atomic mass is 10.2. The molecule has 0 saturated carbocycles. The molecule has 0 unspecified atom stereocenters. The van der Waals surface area contributed by atoms with Gasteiger partial charge in [-0.3, -0.25) is 4.79 Å². The first-order valence-corrected chi connectivity index (χ1v) is 14.0. The van der Waals surface area contributed by atoms with Crippen molar-refractivity contribution in [2.75, 3.05) is 44.3 Å². The fourth-order valence-electron chi connectivity index (χ4n) is 4.28. The quantitative estimate of drug-likeness (QED) is 0.368. The monoisotopic (exact) mass is 548 g/mol. The van der Waals surface area contributed by atoms with Crippen LogP contribution in [0.3, 0.4) is 0 Å². The van der Waals surface area contributed by atoms with E-state index in [2.05, 4.69) is 5.10 Å². The summed E-state index contributed by atoms with van der Waals surface area (Å²) >= 11 is 0. The highest BCUT2D eigenvalue weighted by atomic mass is 32.2. The molecule has 1 aliphatic rings. The van der Waals surface area contributed by atoms with Gasteiger partial charge in [0.1, 0.15) is 17.3 Å². The molecule has 38 heavy (non-hydrogen) atoms. The zero-order chi connectivity index (χ0) is 27.1. The molecule has 1 saturated heterocycles. The maximum absolute atomic E-state index is 13.8. The summed E-state index contributed by atoms with van der Waals surface area (Å²) in [4.78, 5) is 15.2. The van der Waals surface area contributed by atoms with Crippen molar-refractivity contribution in [1.29, 1.82) is 0 Å². The van der Waals surface area contributed by atoms with Crippen LogP contribution in [-0.2, 0) is 15.8 Å². The summed E-state index contributed by atoms with van der Waals surface area (Å²) in [6.07, 6.45) is 3.26. The van der Waals surface area contributed by atoms with E-state index in [1.807, 2.05) is 11.0 Å². The molecular formula is C26H30F2N4O5S. The average Bonchev–Trinajstić information content (AvgIpc) is 2.89. The number of hydrogen-bond acceptors (Lipinski definition) is 7. The molecule has 1 aliphatic heterocycles. The second-order valence-corrected chi connectivity index (χ2v) is 10.9. The minimum absolute atomic E-state index is 0.0331. The highest BCUT2D eigenvalue weighted by molar-refractivity contribution is 7.88. The van der Waals surface area contributed by atoms with Gasteiger partial charge in [0, 0.05) is 38.9 Å². The molecular weight excluding hydrogens is 518 g/mol. The van der Waals surface area contributed by atoms with Crippen molar-refractivity contribution in [3.05, 3.63) is 82.3 Å². The number of aliphatic hydroxyl groups excluding tert-OH is 1. The van der Waals surface area contributed by atoms with Crippen molar-refractivity contribution in [1.82, 2.24) is 14.1 Å². The Labute approximate surface area is 219 Å². The minimum Gasteiger partial charge on any atom is -0.486 e. The van der Waals surface area contributed by atoms with Crippen LogP contribution in [0.2, 0.25) is 0 Å². The second-order valence-electron chi connectivity index (χ2n) is 8.96. The van der Waals surface area contributed by atoms with Gasteiger partial charge < -0.3 is 14.7 Å². The summed E-state index contributed by atoms with van der Waals surface area (Å²) < 4.78 is 61.7. The van der Waals surface area contributed by atoms with Crippen LogP contribution in [-0.4, -0.2) is 67.0 Å². The van der Waals surface area contributed by atoms with Crippen LogP contribution in [0, 0.1) is 11.6 Å². The Hall–Kier alpha value is -3.35. The number of piperazine rings is 1. The first kappa shape index (κ1) is 27.7. The molecule has 0 aliphatic carbocycles. The van der Waals surface area contributed by atoms with Gasteiger partial charge in [0.05, 0.1) is 24.2 Å². The van der Waals surface area contributed by atoms with E-state index in [1.165, 1.54) is 10.5 Å². The Balaban J connectivity index is 1.55. The molecule has 0 bridgehead atoms. The average molecular weight is 549 g/mol. The second kappa shape index (κ2) is 12.5. The molecule has 2 aromatic carbocycles. The van der Waals surface area contributed by atoms with Gasteiger partial charge in [-0.1, -0.05) is 30.3 Å². The highest BCUT2D eigenvalue weighted by Crippen LogP contribution is 2.27. The summed E-state index contributed by atoms with van der Waals surface area (Å²) in [5.74, 6) is -1.83. The Morgan fingerprint density at radius 2 is 1.63 bits per heavy atom. The van der Waals surface area contributed by atoms with Crippen molar-refractivity contribution >= 4 is 15.7 Å². The number of rotatable bonds is 11. The van der Waals surface area contributed by atoms with E-state index in [9.17, 15) is 22.0 Å². The smallest absolute Gasteiger partial charge is 0.316 e. The van der Waals surface area contributed by atoms with Crippen LogP contribution in [0.1, 0.15) is 24.8 Å². The van der Waals surface area contributed by atoms with Crippen molar-refractivity contribution in [3.8, 4) is 11.4 Å². The lowest BCUT2D eigenvalue weighted by Crippen LogP contribution is -2.49. The van der Waals surface area contributed by atoms with E-state index in [-0.39, 0.29) is 43.5 Å². The molecule has 9 nitrogen and oxygen atoms in total. The molecule has 0 atom stereocenters. The number of aromatic nitrogens is 2. The number of anilines is 1. The number of unbranched alkanes of at least 4 members (excludes halogenated alkanes) is 2. The summed E-state index contributed by atoms with van der Waals surface area (Å²) in [7, 11) is -3.53. The third-order valence-corrected chi connectivity index (χ3v) is 8.07. The van der Waals surface area contributed by atoms with Crippen LogP contribution in [0.4, 0.5) is 14.5 Å². The molecule has 3 aromatic rings. The molecule has 2 heterocycles. The number of benzene rings is 2. The molecule has 1 aromatic heterocycles. The molecule has 4 rings (SSSR count). The Bertz CT molecular complexity index is 1370. The van der Waals surface area contributed by atoms with E-state index in [0.717, 1.165) is 16.8 Å². The number of ether oxygens (including phenoxy) is 1. The van der Waals surface area contributed by atoms with E-state index in [1.54, 1.807) is 24.3 Å². The van der Waals surface area contributed by atoms with Gasteiger partial charge in [-0.25, -0.2) is 17.2 Å². The number of sulfonamides is 1. The van der Waals surface area contributed by atoms with E-state index >= 15 is 0 Å². The van der Waals surface area contributed by atoms with Crippen LogP contribution in [0.5, 0.6) is 5.75 Å². The van der Waals surface area contributed by atoms with E-state index in [0.29, 0.717) is 49.7 Å². The Kier molecular flexibility index (Phi) is 9.08. The van der Waals surface area contributed by atoms with Crippen molar-refractivity contribution < 1.29 is 27.0 Å². The Morgan fingerprint density at radius 3 is 2.29 bits per heavy atom. The van der Waals surface area contributed by atoms with Crippen molar-refractivity contribution in [3.63, 3.8) is 0 Å². The standard InChI is InChI=1S/C26H30F2N4O5S/c27-21-15-22(28)17-23(16-21)32-26(34)25(37-14-6-2-5-13-33)24(18-29-32)30-9-11-31(12-10-30)38(35,36)19-20-7-3-1-4-8-20/h1,3-4,7-8,15-18,33H,2,5-6,9-14,19H2. The van der Waals surface area contributed by atoms with Gasteiger partial charge in [0.15, 0.2) is 0 Å². The van der Waals surface area contributed by atoms with Crippen LogP contribution < -0.4 is 15.2 Å². The third kappa shape index (κ3) is 6.74. The van der Waals surface area contributed by atoms with Crippen LogP contribution in [0.25, 0.3) is 5.69 Å². The van der Waals surface area contributed by atoms with Crippen molar-refractivity contribution in [2.24, 2.45) is 0 Å². The molecule has 0 amide bonds. The van der Waals surface area contributed by atoms with Gasteiger partial charge >= 0.3 is 5.56 Å². The van der Waals surface area contributed by atoms with Gasteiger partial charge in [0.2, 0.25) is 15.8 Å². The topological polar surface area (TPSA) is 105 Å². The third-order valence-electron chi connectivity index (χ3n) is 6.22. The molecule has 204 valence electrons. The lowest BCUT2D eigenvalue weighted by Gasteiger charge is -2.35. The maximum Gasteiger partial charge on any atom is 0.316 e. The molecule has 1 N–H and O–H groups in total. The minimum atomic E-state index is -3.53. The normalized spacial score (nSPS) is 14.6. The number of hydrogen-bond donors (Lipinski definition) is 1. The summed E-state index contributed by atoms with van der Waals surface area (Å²) in [6, 6.07) is 11.6. The van der Waals surface area contributed by atoms with Crippen LogP contribution >= 0.6 is 0 Å². The predicted octanol–water partition coefficient (Wildman–Crippen LogP) is 2.70. The first-order chi connectivity index (χ1) is 18.3.